The molecule has 0 radical (unpaired) electrons. The van der Waals surface area contributed by atoms with Crippen LogP contribution in [0.15, 0.2) is 34.7 Å². The van der Waals surface area contributed by atoms with E-state index in [1.165, 1.54) is 18.2 Å². The molecule has 0 aliphatic carbocycles. The fourth-order valence-electron chi connectivity index (χ4n) is 1.71. The van der Waals surface area contributed by atoms with E-state index < -0.39 is 29.7 Å². The van der Waals surface area contributed by atoms with Crippen LogP contribution in [0.4, 0.5) is 5.88 Å². The van der Waals surface area contributed by atoms with Gasteiger partial charge in [-0.1, -0.05) is 52.5 Å². The minimum Gasteiger partial charge on any atom is -0.400 e. The minimum atomic E-state index is -4.25. The molecule has 1 aromatic carbocycles. The number of hydrogen-bond donors (Lipinski definition) is 0. The summed E-state index contributed by atoms with van der Waals surface area (Å²) in [4.78, 5) is 9.47. The van der Waals surface area contributed by atoms with Crippen molar-refractivity contribution in [2.75, 3.05) is 0 Å². The molecule has 128 valence electrons. The zero-order valence-electron chi connectivity index (χ0n) is 11.5. The number of halogens is 4. The summed E-state index contributed by atoms with van der Waals surface area (Å²) in [5.74, 6) is -0.923. The summed E-state index contributed by atoms with van der Waals surface area (Å²) in [7, 11) is -4.25. The monoisotopic (exact) mass is 429 g/mol. The molecule has 0 saturated carbocycles. The Morgan fingerprint density at radius 3 is 2.38 bits per heavy atom. The number of furan rings is 1. The number of rotatable bonds is 5. The predicted octanol–water partition coefficient (Wildman–Crippen LogP) is 5.17. The third-order valence-electron chi connectivity index (χ3n) is 2.80. The largest absolute Gasteiger partial charge is 0.433 e. The van der Waals surface area contributed by atoms with E-state index in [0.29, 0.717) is 5.02 Å². The molecule has 11 heteroatoms. The van der Waals surface area contributed by atoms with E-state index in [-0.39, 0.29) is 16.3 Å². The Morgan fingerprint density at radius 1 is 1.21 bits per heavy atom. The van der Waals surface area contributed by atoms with Gasteiger partial charge in [0.2, 0.25) is 14.0 Å². The molecular weight excluding hydrogens is 424 g/mol. The first-order valence-corrected chi connectivity index (χ1v) is 9.24. The lowest BCUT2D eigenvalue weighted by Crippen LogP contribution is -2.10. The normalized spacial score (nSPS) is 12.6. The van der Waals surface area contributed by atoms with E-state index in [0.717, 1.165) is 18.2 Å². The molecule has 0 spiro atoms. The average molecular weight is 431 g/mol. The number of hydrogen-bond acceptors (Lipinski definition) is 5. The van der Waals surface area contributed by atoms with Gasteiger partial charge in [-0.25, -0.2) is 8.42 Å². The van der Waals surface area contributed by atoms with Crippen LogP contribution in [0, 0.1) is 10.1 Å². The highest BCUT2D eigenvalue weighted by atomic mass is 35.5. The first kappa shape index (κ1) is 19.1. The third kappa shape index (κ3) is 4.04. The molecule has 0 unspecified atom stereocenters. The van der Waals surface area contributed by atoms with Crippen molar-refractivity contribution in [3.63, 3.8) is 0 Å². The molecule has 1 heterocycles. The SMILES string of the molecule is O=[N+]([O-])c1ccc(/C(=C/c2ccc(Cl)cc2Cl)S(=O)(=O)C(Cl)Cl)o1. The number of nitrogens with zero attached hydrogens (tertiary/aromatic N) is 1. The Bertz CT molecular complexity index is 920. The fraction of sp³-hybridized carbons (Fsp3) is 0.0769. The maximum Gasteiger partial charge on any atom is 0.433 e. The Hall–Kier alpha value is -1.25. The van der Waals surface area contributed by atoms with Gasteiger partial charge < -0.3 is 4.42 Å². The molecule has 0 saturated heterocycles. The summed E-state index contributed by atoms with van der Waals surface area (Å²) in [6.07, 6.45) is 1.15. The topological polar surface area (TPSA) is 90.4 Å². The van der Waals surface area contributed by atoms with Crippen LogP contribution in [0.3, 0.4) is 0 Å². The van der Waals surface area contributed by atoms with Crippen LogP contribution in [-0.4, -0.2) is 17.5 Å². The molecule has 0 bridgehead atoms. The van der Waals surface area contributed by atoms with Crippen molar-refractivity contribution in [3.05, 3.63) is 61.8 Å². The van der Waals surface area contributed by atoms with Gasteiger partial charge in [-0.3, -0.25) is 10.1 Å². The van der Waals surface area contributed by atoms with E-state index in [4.69, 9.17) is 50.8 Å². The maximum atomic E-state index is 12.4. The molecule has 0 aliphatic heterocycles. The van der Waals surface area contributed by atoms with Gasteiger partial charge in [0, 0.05) is 10.0 Å². The molecule has 2 aromatic rings. The minimum absolute atomic E-state index is 0.164. The summed E-state index contributed by atoms with van der Waals surface area (Å²) in [6.45, 7) is 0. The Balaban J connectivity index is 2.67. The molecule has 0 N–H and O–H groups in total. The molecule has 6 nitrogen and oxygen atoms in total. The summed E-state index contributed by atoms with van der Waals surface area (Å²) >= 11 is 22.9. The molecule has 1 aromatic heterocycles. The van der Waals surface area contributed by atoms with Gasteiger partial charge in [-0.15, -0.1) is 0 Å². The van der Waals surface area contributed by atoms with E-state index >= 15 is 0 Å². The lowest BCUT2D eigenvalue weighted by atomic mass is 10.2. The molecular formula is C13H7Cl4NO5S. The van der Waals surface area contributed by atoms with Gasteiger partial charge in [-0.2, -0.15) is 0 Å². The summed E-state index contributed by atoms with van der Waals surface area (Å²) in [6, 6.07) is 6.51. The number of nitro groups is 1. The van der Waals surface area contributed by atoms with Gasteiger partial charge >= 0.3 is 5.88 Å². The second-order valence-electron chi connectivity index (χ2n) is 4.38. The smallest absolute Gasteiger partial charge is 0.400 e. The first-order valence-electron chi connectivity index (χ1n) is 6.06. The quantitative estimate of drug-likeness (QED) is 0.370. The van der Waals surface area contributed by atoms with E-state index in [1.54, 1.807) is 0 Å². The van der Waals surface area contributed by atoms with Crippen LogP contribution >= 0.6 is 46.4 Å². The van der Waals surface area contributed by atoms with Crippen LogP contribution in [0.1, 0.15) is 11.3 Å². The Labute approximate surface area is 156 Å². The van der Waals surface area contributed by atoms with Crippen molar-refractivity contribution < 1.29 is 17.8 Å². The summed E-state index contributed by atoms with van der Waals surface area (Å²) in [5.41, 5.74) is 0.285. The van der Waals surface area contributed by atoms with Crippen LogP contribution in [0.2, 0.25) is 10.0 Å². The highest BCUT2D eigenvalue weighted by molar-refractivity contribution is 8.03. The highest BCUT2D eigenvalue weighted by Crippen LogP contribution is 2.34. The second-order valence-corrected chi connectivity index (χ2v) is 8.83. The van der Waals surface area contributed by atoms with Gasteiger partial charge in [-0.05, 0) is 29.8 Å². The van der Waals surface area contributed by atoms with Gasteiger partial charge in [0.25, 0.3) is 0 Å². The standard InChI is InChI=1S/C13H7Cl4NO5S/c14-8-2-1-7(9(15)6-8)5-11(24(21,22)13(16)17)10-3-4-12(23-10)18(19)20/h1-6,13H/b11-5-. The van der Waals surface area contributed by atoms with Crippen LogP contribution in [0.25, 0.3) is 11.0 Å². The van der Waals surface area contributed by atoms with Gasteiger partial charge in [0.05, 0.1) is 6.07 Å². The maximum absolute atomic E-state index is 12.4. The Kier molecular flexibility index (Phi) is 5.83. The van der Waals surface area contributed by atoms with Crippen molar-refractivity contribution in [1.82, 2.24) is 0 Å². The molecule has 0 atom stereocenters. The second kappa shape index (κ2) is 7.33. The van der Waals surface area contributed by atoms with Crippen molar-refractivity contribution in [1.29, 1.82) is 0 Å². The van der Waals surface area contributed by atoms with Crippen molar-refractivity contribution in [2.24, 2.45) is 0 Å². The van der Waals surface area contributed by atoms with E-state index in [1.807, 2.05) is 0 Å². The molecule has 0 aliphatic rings. The average Bonchev–Trinajstić information content (AvgIpc) is 2.95. The molecule has 0 fully saturated rings. The van der Waals surface area contributed by atoms with Gasteiger partial charge in [0.15, 0.2) is 5.76 Å². The van der Waals surface area contributed by atoms with Crippen molar-refractivity contribution >= 4 is 73.1 Å². The predicted molar refractivity (Wildman–Crippen MR) is 94.1 cm³/mol. The number of alkyl halides is 2. The molecule has 0 amide bonds. The van der Waals surface area contributed by atoms with E-state index in [2.05, 4.69) is 0 Å². The number of benzene rings is 1. The fourth-order valence-corrected chi connectivity index (χ4v) is 3.62. The first-order chi connectivity index (χ1) is 11.1. The van der Waals surface area contributed by atoms with Crippen molar-refractivity contribution in [2.45, 2.75) is 4.17 Å². The lowest BCUT2D eigenvalue weighted by molar-refractivity contribution is -0.402. The van der Waals surface area contributed by atoms with Crippen LogP contribution in [-0.2, 0) is 9.84 Å². The third-order valence-corrected chi connectivity index (χ3v) is 6.18. The molecule has 2 rings (SSSR count). The van der Waals surface area contributed by atoms with Crippen LogP contribution in [0.5, 0.6) is 0 Å². The lowest BCUT2D eigenvalue weighted by Gasteiger charge is -2.08. The zero-order chi connectivity index (χ0) is 18.1. The Morgan fingerprint density at radius 2 is 1.88 bits per heavy atom. The zero-order valence-corrected chi connectivity index (χ0v) is 15.3. The van der Waals surface area contributed by atoms with E-state index in [9.17, 15) is 18.5 Å². The summed E-state index contributed by atoms with van der Waals surface area (Å²) in [5, 5.41) is 11.2. The highest BCUT2D eigenvalue weighted by Gasteiger charge is 2.30. The van der Waals surface area contributed by atoms with Crippen molar-refractivity contribution in [3.8, 4) is 0 Å². The number of sulfone groups is 1. The summed E-state index contributed by atoms with van der Waals surface area (Å²) < 4.78 is 27.9. The van der Waals surface area contributed by atoms with Gasteiger partial charge in [0.1, 0.15) is 9.83 Å². The van der Waals surface area contributed by atoms with Crippen LogP contribution < -0.4 is 0 Å². The molecule has 24 heavy (non-hydrogen) atoms.